The van der Waals surface area contributed by atoms with Crippen LogP contribution >= 0.6 is 11.6 Å². The molecule has 0 atom stereocenters. The van der Waals surface area contributed by atoms with Crippen LogP contribution in [0.5, 0.6) is 17.2 Å². The summed E-state index contributed by atoms with van der Waals surface area (Å²) in [5.41, 5.74) is 0.663. The molecule has 0 saturated carbocycles. The summed E-state index contributed by atoms with van der Waals surface area (Å²) < 4.78 is 43.7. The minimum atomic E-state index is -3.90. The zero-order chi connectivity index (χ0) is 23.1. The molecule has 168 valence electrons. The Labute approximate surface area is 191 Å². The zero-order valence-electron chi connectivity index (χ0n) is 17.3. The standard InChI is InChI=1S/C22H21ClN2O6S/c1-29-18-9-12-21(30-2)20(13-18)25-32(27,28)19-10-5-16(6-11-19)24-22(26)14-31-17-7-3-15(23)4-8-17/h3-13,25H,14H2,1-2H3,(H,24,26). The molecule has 32 heavy (non-hydrogen) atoms. The van der Waals surface area contributed by atoms with Crippen LogP contribution in [0.25, 0.3) is 0 Å². The van der Waals surface area contributed by atoms with Gasteiger partial charge in [0.05, 0.1) is 24.8 Å². The predicted octanol–water partition coefficient (Wildman–Crippen LogP) is 4.18. The molecule has 0 aliphatic heterocycles. The van der Waals surface area contributed by atoms with Crippen LogP contribution in [0.4, 0.5) is 11.4 Å². The van der Waals surface area contributed by atoms with E-state index in [-0.39, 0.29) is 17.2 Å². The Morgan fingerprint density at radius 2 is 1.56 bits per heavy atom. The molecule has 0 aliphatic rings. The van der Waals surface area contributed by atoms with Crippen LogP contribution in [0.1, 0.15) is 0 Å². The van der Waals surface area contributed by atoms with E-state index in [9.17, 15) is 13.2 Å². The second-order valence-electron chi connectivity index (χ2n) is 6.49. The minimum Gasteiger partial charge on any atom is -0.497 e. The first-order valence-electron chi connectivity index (χ1n) is 9.34. The van der Waals surface area contributed by atoms with Gasteiger partial charge in [-0.1, -0.05) is 11.6 Å². The molecule has 8 nitrogen and oxygen atoms in total. The Morgan fingerprint density at radius 3 is 2.19 bits per heavy atom. The van der Waals surface area contributed by atoms with Crippen LogP contribution < -0.4 is 24.2 Å². The number of sulfonamides is 1. The lowest BCUT2D eigenvalue weighted by Gasteiger charge is -2.13. The number of amides is 1. The average Bonchev–Trinajstić information content (AvgIpc) is 2.78. The molecule has 2 N–H and O–H groups in total. The number of carbonyl (C=O) groups is 1. The molecule has 0 unspecified atom stereocenters. The highest BCUT2D eigenvalue weighted by Gasteiger charge is 2.17. The molecule has 0 spiro atoms. The van der Waals surface area contributed by atoms with Gasteiger partial charge in [0.2, 0.25) is 0 Å². The Hall–Kier alpha value is -3.43. The van der Waals surface area contributed by atoms with E-state index in [0.717, 1.165) is 0 Å². The molecule has 3 aromatic carbocycles. The number of hydrogen-bond donors (Lipinski definition) is 2. The highest BCUT2D eigenvalue weighted by atomic mass is 35.5. The Balaban J connectivity index is 1.64. The lowest BCUT2D eigenvalue weighted by atomic mass is 10.3. The lowest BCUT2D eigenvalue weighted by molar-refractivity contribution is -0.118. The summed E-state index contributed by atoms with van der Waals surface area (Å²) in [4.78, 5) is 12.1. The molecule has 0 saturated heterocycles. The normalized spacial score (nSPS) is 10.8. The second kappa shape index (κ2) is 10.3. The van der Waals surface area contributed by atoms with Crippen molar-refractivity contribution in [1.82, 2.24) is 0 Å². The van der Waals surface area contributed by atoms with E-state index in [4.69, 9.17) is 25.8 Å². The first kappa shape index (κ1) is 23.2. The van der Waals surface area contributed by atoms with Crippen molar-refractivity contribution in [2.45, 2.75) is 4.90 Å². The van der Waals surface area contributed by atoms with Gasteiger partial charge >= 0.3 is 0 Å². The number of carbonyl (C=O) groups excluding carboxylic acids is 1. The molecule has 0 aliphatic carbocycles. The van der Waals surface area contributed by atoms with Gasteiger partial charge in [-0.25, -0.2) is 8.42 Å². The van der Waals surface area contributed by atoms with Gasteiger partial charge in [0.1, 0.15) is 17.2 Å². The van der Waals surface area contributed by atoms with Crippen molar-refractivity contribution < 1.29 is 27.4 Å². The lowest BCUT2D eigenvalue weighted by Crippen LogP contribution is -2.20. The zero-order valence-corrected chi connectivity index (χ0v) is 18.9. The minimum absolute atomic E-state index is 0.0118. The monoisotopic (exact) mass is 476 g/mol. The summed E-state index contributed by atoms with van der Waals surface area (Å²) >= 11 is 5.81. The quantitative estimate of drug-likeness (QED) is 0.480. The molecular weight excluding hydrogens is 456 g/mol. The van der Waals surface area contributed by atoms with E-state index in [1.165, 1.54) is 44.6 Å². The van der Waals surface area contributed by atoms with Crippen LogP contribution in [0.15, 0.2) is 71.6 Å². The largest absolute Gasteiger partial charge is 0.497 e. The summed E-state index contributed by atoms with van der Waals surface area (Å²) in [6.45, 7) is -0.209. The Bertz CT molecular complexity index is 1180. The summed E-state index contributed by atoms with van der Waals surface area (Å²) in [7, 11) is -0.982. The number of rotatable bonds is 9. The highest BCUT2D eigenvalue weighted by Crippen LogP contribution is 2.31. The molecule has 3 aromatic rings. The second-order valence-corrected chi connectivity index (χ2v) is 8.61. The van der Waals surface area contributed by atoms with Crippen LogP contribution in [-0.4, -0.2) is 35.2 Å². The molecule has 0 heterocycles. The Morgan fingerprint density at radius 1 is 0.906 bits per heavy atom. The van der Waals surface area contributed by atoms with Gasteiger partial charge in [-0.15, -0.1) is 0 Å². The van der Waals surface area contributed by atoms with Gasteiger partial charge in [0, 0.05) is 16.8 Å². The molecule has 3 rings (SSSR count). The fourth-order valence-electron chi connectivity index (χ4n) is 2.69. The third kappa shape index (κ3) is 6.05. The maximum atomic E-state index is 12.8. The van der Waals surface area contributed by atoms with Crippen LogP contribution in [0, 0.1) is 0 Å². The average molecular weight is 477 g/mol. The van der Waals surface area contributed by atoms with Crippen LogP contribution in [-0.2, 0) is 14.8 Å². The van der Waals surface area contributed by atoms with Gasteiger partial charge < -0.3 is 19.5 Å². The van der Waals surface area contributed by atoms with Crippen molar-refractivity contribution in [3.63, 3.8) is 0 Å². The summed E-state index contributed by atoms with van der Waals surface area (Å²) in [5.74, 6) is 0.932. The van der Waals surface area contributed by atoms with Crippen molar-refractivity contribution in [3.05, 3.63) is 71.8 Å². The number of hydrogen-bond acceptors (Lipinski definition) is 6. The molecule has 10 heteroatoms. The van der Waals surface area contributed by atoms with E-state index in [0.29, 0.717) is 28.0 Å². The summed E-state index contributed by atoms with van der Waals surface area (Å²) in [6, 6.07) is 17.1. The molecule has 0 bridgehead atoms. The fraction of sp³-hybridized carbons (Fsp3) is 0.136. The van der Waals surface area contributed by atoms with Crippen LogP contribution in [0.3, 0.4) is 0 Å². The van der Waals surface area contributed by atoms with Crippen molar-refractivity contribution in [1.29, 1.82) is 0 Å². The first-order chi connectivity index (χ1) is 15.3. The predicted molar refractivity (Wildman–Crippen MR) is 122 cm³/mol. The van der Waals surface area contributed by atoms with E-state index in [2.05, 4.69) is 10.0 Å². The van der Waals surface area contributed by atoms with Gasteiger partial charge in [-0.05, 0) is 60.7 Å². The maximum Gasteiger partial charge on any atom is 0.262 e. The van der Waals surface area contributed by atoms with Gasteiger partial charge in [-0.2, -0.15) is 0 Å². The Kier molecular flexibility index (Phi) is 7.45. The van der Waals surface area contributed by atoms with E-state index < -0.39 is 15.9 Å². The highest BCUT2D eigenvalue weighted by molar-refractivity contribution is 7.92. The van der Waals surface area contributed by atoms with Gasteiger partial charge in [0.25, 0.3) is 15.9 Å². The molecule has 0 radical (unpaired) electrons. The maximum absolute atomic E-state index is 12.8. The SMILES string of the molecule is COc1ccc(OC)c(NS(=O)(=O)c2ccc(NC(=O)COc3ccc(Cl)cc3)cc2)c1. The number of benzene rings is 3. The van der Waals surface area contributed by atoms with Crippen molar-refractivity contribution >= 4 is 38.9 Å². The summed E-state index contributed by atoms with van der Waals surface area (Å²) in [5, 5.41) is 3.21. The first-order valence-corrected chi connectivity index (χ1v) is 11.2. The third-order valence-corrected chi connectivity index (χ3v) is 5.92. The van der Waals surface area contributed by atoms with E-state index >= 15 is 0 Å². The van der Waals surface area contributed by atoms with Crippen molar-refractivity contribution in [2.75, 3.05) is 30.9 Å². The van der Waals surface area contributed by atoms with Gasteiger partial charge in [-0.3, -0.25) is 9.52 Å². The molecule has 0 aromatic heterocycles. The topological polar surface area (TPSA) is 103 Å². The number of methoxy groups -OCH3 is 2. The third-order valence-electron chi connectivity index (χ3n) is 4.28. The number of ether oxygens (including phenoxy) is 3. The molecule has 0 fully saturated rings. The number of anilines is 2. The molecular formula is C22H21ClN2O6S. The smallest absolute Gasteiger partial charge is 0.262 e. The number of halogens is 1. The van der Waals surface area contributed by atoms with Crippen molar-refractivity contribution in [2.24, 2.45) is 0 Å². The van der Waals surface area contributed by atoms with Crippen molar-refractivity contribution in [3.8, 4) is 17.2 Å². The van der Waals surface area contributed by atoms with E-state index in [1.54, 1.807) is 36.4 Å². The summed E-state index contributed by atoms with van der Waals surface area (Å²) in [6.07, 6.45) is 0. The fourth-order valence-corrected chi connectivity index (χ4v) is 3.88. The van der Waals surface area contributed by atoms with E-state index in [1.807, 2.05) is 0 Å². The number of nitrogens with one attached hydrogen (secondary N) is 2. The molecule has 1 amide bonds. The van der Waals surface area contributed by atoms with Gasteiger partial charge in [0.15, 0.2) is 6.61 Å². The van der Waals surface area contributed by atoms with Crippen LogP contribution in [0.2, 0.25) is 5.02 Å².